The smallest absolute Gasteiger partial charge is 0.227 e. The lowest BCUT2D eigenvalue weighted by molar-refractivity contribution is -0.584. The Kier molecular flexibility index (Phi) is 3.48. The lowest BCUT2D eigenvalue weighted by Gasteiger charge is -2.14. The summed E-state index contributed by atoms with van der Waals surface area (Å²) in [7, 11) is 0. The molecule has 1 aromatic heterocycles. The van der Waals surface area contributed by atoms with Crippen LogP contribution in [0, 0.1) is 19.1 Å². The Hall–Kier alpha value is -2.55. The molecule has 0 amide bonds. The van der Waals surface area contributed by atoms with Crippen molar-refractivity contribution >= 4 is 10.9 Å². The largest absolute Gasteiger partial charge is 0.618 e. The maximum atomic E-state index is 12.2. The Morgan fingerprint density at radius 3 is 2.38 bits per heavy atom. The summed E-state index contributed by atoms with van der Waals surface area (Å²) in [6.07, 6.45) is 0. The van der Waals surface area contributed by atoms with Gasteiger partial charge in [0.1, 0.15) is 12.4 Å². The van der Waals surface area contributed by atoms with Crippen LogP contribution < -0.4 is 9.47 Å². The Balaban J connectivity index is 2.05. The summed E-state index contributed by atoms with van der Waals surface area (Å²) in [5, 5.41) is 13.1. The molecule has 0 spiro atoms. The molecule has 0 aliphatic carbocycles. The Labute approximate surface area is 124 Å². The first-order chi connectivity index (χ1) is 10.2. The third-order valence-corrected chi connectivity index (χ3v) is 3.78. The number of pyridine rings is 1. The van der Waals surface area contributed by atoms with E-state index in [0.717, 1.165) is 27.0 Å². The molecule has 0 N–H and O–H groups in total. The number of ether oxygens (including phenoxy) is 1. The fourth-order valence-corrected chi connectivity index (χ4v) is 2.46. The summed E-state index contributed by atoms with van der Waals surface area (Å²) >= 11 is 0. The van der Waals surface area contributed by atoms with Crippen molar-refractivity contribution in [1.29, 1.82) is 0 Å². The summed E-state index contributed by atoms with van der Waals surface area (Å²) < 4.78 is 6.99. The van der Waals surface area contributed by atoms with Gasteiger partial charge >= 0.3 is 0 Å². The molecule has 21 heavy (non-hydrogen) atoms. The highest BCUT2D eigenvalue weighted by atomic mass is 16.5. The Morgan fingerprint density at radius 1 is 0.952 bits per heavy atom. The van der Waals surface area contributed by atoms with Crippen LogP contribution >= 0.6 is 0 Å². The SMILES string of the molecule is Cc1c(OCc2ccccc2)c2ccccc2[n+]([O-])c1C. The van der Waals surface area contributed by atoms with Gasteiger partial charge in [-0.05, 0) is 18.6 Å². The molecule has 3 aromatic rings. The van der Waals surface area contributed by atoms with Crippen molar-refractivity contribution in [2.24, 2.45) is 0 Å². The fourth-order valence-electron chi connectivity index (χ4n) is 2.46. The third-order valence-electron chi connectivity index (χ3n) is 3.78. The zero-order chi connectivity index (χ0) is 14.8. The highest BCUT2D eigenvalue weighted by Crippen LogP contribution is 2.29. The summed E-state index contributed by atoms with van der Waals surface area (Å²) in [6.45, 7) is 4.24. The first kappa shape index (κ1) is 13.4. The van der Waals surface area contributed by atoms with Gasteiger partial charge < -0.3 is 9.94 Å². The van der Waals surface area contributed by atoms with Gasteiger partial charge in [0.25, 0.3) is 0 Å². The predicted molar refractivity (Wildman–Crippen MR) is 83.2 cm³/mol. The van der Waals surface area contributed by atoms with Crippen LogP contribution in [0.25, 0.3) is 10.9 Å². The second-order valence-electron chi connectivity index (χ2n) is 5.13. The van der Waals surface area contributed by atoms with E-state index in [2.05, 4.69) is 0 Å². The molecule has 3 nitrogen and oxygen atoms in total. The molecule has 0 unspecified atom stereocenters. The molecule has 0 bridgehead atoms. The highest BCUT2D eigenvalue weighted by Gasteiger charge is 2.18. The summed E-state index contributed by atoms with van der Waals surface area (Å²) in [5.74, 6) is 0.791. The minimum atomic E-state index is 0.494. The third kappa shape index (κ3) is 2.42. The number of fused-ring (bicyclic) bond motifs is 1. The van der Waals surface area contributed by atoms with Crippen LogP contribution in [-0.2, 0) is 6.61 Å². The zero-order valence-electron chi connectivity index (χ0n) is 12.2. The molecular weight excluding hydrogens is 262 g/mol. The predicted octanol–water partition coefficient (Wildman–Crippen LogP) is 3.67. The van der Waals surface area contributed by atoms with E-state index in [1.807, 2.05) is 68.4 Å². The Morgan fingerprint density at radius 2 is 1.62 bits per heavy atom. The molecule has 0 saturated heterocycles. The maximum absolute atomic E-state index is 12.2. The normalized spacial score (nSPS) is 10.8. The monoisotopic (exact) mass is 279 g/mol. The van der Waals surface area contributed by atoms with E-state index in [9.17, 15) is 5.21 Å². The van der Waals surface area contributed by atoms with Crippen LogP contribution in [-0.4, -0.2) is 0 Å². The number of rotatable bonds is 3. The molecule has 3 heteroatoms. The zero-order valence-corrected chi connectivity index (χ0v) is 12.2. The van der Waals surface area contributed by atoms with Crippen LogP contribution in [0.1, 0.15) is 16.8 Å². The quantitative estimate of drug-likeness (QED) is 0.542. The highest BCUT2D eigenvalue weighted by molar-refractivity contribution is 5.84. The minimum absolute atomic E-state index is 0.494. The van der Waals surface area contributed by atoms with Crippen molar-refractivity contribution in [3.8, 4) is 5.75 Å². The lowest BCUT2D eigenvalue weighted by atomic mass is 10.1. The standard InChI is InChI=1S/C18H17NO2/c1-13-14(2)19(20)17-11-7-6-10-16(17)18(13)21-12-15-8-4-3-5-9-15/h3-11H,12H2,1-2H3. The van der Waals surface area contributed by atoms with Crippen LogP contribution in [0.5, 0.6) is 5.75 Å². The molecule has 3 rings (SSSR count). The van der Waals surface area contributed by atoms with Gasteiger partial charge in [0.2, 0.25) is 5.52 Å². The molecule has 0 radical (unpaired) electrons. The molecule has 106 valence electrons. The van der Waals surface area contributed by atoms with Gasteiger partial charge in [0, 0.05) is 13.0 Å². The Bertz CT molecular complexity index is 782. The first-order valence-corrected chi connectivity index (χ1v) is 6.96. The second-order valence-corrected chi connectivity index (χ2v) is 5.13. The molecule has 1 heterocycles. The maximum Gasteiger partial charge on any atom is 0.227 e. The molecule has 0 aliphatic heterocycles. The van der Waals surface area contributed by atoms with Gasteiger partial charge in [0.15, 0.2) is 5.69 Å². The van der Waals surface area contributed by atoms with Crippen LogP contribution in [0.3, 0.4) is 0 Å². The molecule has 0 fully saturated rings. The topological polar surface area (TPSA) is 36.2 Å². The molecule has 2 aromatic carbocycles. The van der Waals surface area contributed by atoms with Crippen molar-refractivity contribution in [3.05, 3.63) is 76.6 Å². The average Bonchev–Trinajstić information content (AvgIpc) is 2.54. The second kappa shape index (κ2) is 5.44. The molecule has 0 saturated carbocycles. The first-order valence-electron chi connectivity index (χ1n) is 6.96. The fraction of sp³-hybridized carbons (Fsp3) is 0.167. The van der Waals surface area contributed by atoms with E-state index < -0.39 is 0 Å². The van der Waals surface area contributed by atoms with Gasteiger partial charge in [-0.2, -0.15) is 4.73 Å². The number of para-hydroxylation sites is 1. The van der Waals surface area contributed by atoms with Crippen LogP contribution in [0.4, 0.5) is 0 Å². The number of aromatic nitrogens is 1. The number of benzene rings is 2. The molecule has 0 aliphatic rings. The minimum Gasteiger partial charge on any atom is -0.618 e. The van der Waals surface area contributed by atoms with Crippen molar-refractivity contribution in [3.63, 3.8) is 0 Å². The van der Waals surface area contributed by atoms with E-state index >= 15 is 0 Å². The van der Waals surface area contributed by atoms with E-state index in [-0.39, 0.29) is 0 Å². The van der Waals surface area contributed by atoms with E-state index in [4.69, 9.17) is 4.74 Å². The lowest BCUT2D eigenvalue weighted by Crippen LogP contribution is -2.32. The van der Waals surface area contributed by atoms with Gasteiger partial charge in [-0.1, -0.05) is 42.5 Å². The van der Waals surface area contributed by atoms with E-state index in [1.165, 1.54) is 0 Å². The average molecular weight is 279 g/mol. The van der Waals surface area contributed by atoms with Gasteiger partial charge in [-0.15, -0.1) is 0 Å². The van der Waals surface area contributed by atoms with Crippen molar-refractivity contribution in [1.82, 2.24) is 0 Å². The van der Waals surface area contributed by atoms with Crippen LogP contribution in [0.2, 0.25) is 0 Å². The summed E-state index contributed by atoms with van der Waals surface area (Å²) in [5.41, 5.74) is 3.32. The van der Waals surface area contributed by atoms with Crippen molar-refractivity contribution in [2.75, 3.05) is 0 Å². The number of hydrogen-bond acceptors (Lipinski definition) is 2. The number of nitrogens with zero attached hydrogens (tertiary/aromatic N) is 1. The summed E-state index contributed by atoms with van der Waals surface area (Å²) in [4.78, 5) is 0. The van der Waals surface area contributed by atoms with Crippen molar-refractivity contribution in [2.45, 2.75) is 20.5 Å². The van der Waals surface area contributed by atoms with E-state index in [0.29, 0.717) is 17.8 Å². The van der Waals surface area contributed by atoms with Crippen molar-refractivity contribution < 1.29 is 9.47 Å². The van der Waals surface area contributed by atoms with Crippen LogP contribution in [0.15, 0.2) is 54.6 Å². The molecule has 0 atom stereocenters. The van der Waals surface area contributed by atoms with Gasteiger partial charge in [0.05, 0.1) is 10.9 Å². The van der Waals surface area contributed by atoms with Gasteiger partial charge in [-0.3, -0.25) is 0 Å². The van der Waals surface area contributed by atoms with Gasteiger partial charge in [-0.25, -0.2) is 0 Å². The van der Waals surface area contributed by atoms with E-state index in [1.54, 1.807) is 0 Å². The number of hydrogen-bond donors (Lipinski definition) is 0. The summed E-state index contributed by atoms with van der Waals surface area (Å²) in [6, 6.07) is 17.6. The molecular formula is C18H17NO2.